The van der Waals surface area contributed by atoms with Crippen LogP contribution in [0.4, 0.5) is 5.13 Å². The Morgan fingerprint density at radius 1 is 1.29 bits per heavy atom. The second-order valence-electron chi connectivity index (χ2n) is 5.57. The molecule has 2 aromatic heterocycles. The number of benzene rings is 2. The zero-order valence-corrected chi connectivity index (χ0v) is 16.9. The largest absolute Gasteiger partial charge is 0.497 e. The molecule has 2 heterocycles. The van der Waals surface area contributed by atoms with Crippen LogP contribution in [0.3, 0.4) is 0 Å². The number of amides is 1. The Morgan fingerprint density at radius 2 is 2.18 bits per heavy atom. The van der Waals surface area contributed by atoms with Crippen molar-refractivity contribution >= 4 is 56.0 Å². The van der Waals surface area contributed by atoms with Crippen molar-refractivity contribution in [3.05, 3.63) is 47.5 Å². The van der Waals surface area contributed by atoms with Crippen LogP contribution in [0.5, 0.6) is 5.75 Å². The molecule has 0 unspecified atom stereocenters. The van der Waals surface area contributed by atoms with Crippen LogP contribution in [0.1, 0.15) is 0 Å². The highest BCUT2D eigenvalue weighted by molar-refractivity contribution is 7.99. The average molecular weight is 433 g/mol. The maximum absolute atomic E-state index is 12.2. The average Bonchev–Trinajstić information content (AvgIpc) is 3.32. The summed E-state index contributed by atoms with van der Waals surface area (Å²) < 4.78 is 11.7. The molecule has 4 aromatic rings. The third-order valence-electron chi connectivity index (χ3n) is 3.65. The number of fused-ring (bicyclic) bond motifs is 1. The molecule has 0 saturated heterocycles. The summed E-state index contributed by atoms with van der Waals surface area (Å²) in [5.74, 6) is 1.01. The van der Waals surface area contributed by atoms with E-state index in [-0.39, 0.29) is 11.7 Å². The maximum atomic E-state index is 12.2. The van der Waals surface area contributed by atoms with Gasteiger partial charge in [0.15, 0.2) is 5.13 Å². The predicted octanol–water partition coefficient (Wildman–Crippen LogP) is 4.74. The quantitative estimate of drug-likeness (QED) is 0.440. The van der Waals surface area contributed by atoms with Crippen LogP contribution in [0, 0.1) is 0 Å². The zero-order chi connectivity index (χ0) is 19.5. The van der Waals surface area contributed by atoms with Crippen LogP contribution in [-0.2, 0) is 4.79 Å². The van der Waals surface area contributed by atoms with Crippen molar-refractivity contribution in [3.8, 4) is 17.2 Å². The molecule has 0 saturated carbocycles. The van der Waals surface area contributed by atoms with Crippen LogP contribution in [0.25, 0.3) is 21.7 Å². The van der Waals surface area contributed by atoms with Gasteiger partial charge < -0.3 is 14.5 Å². The molecule has 0 aliphatic rings. The third-order valence-corrected chi connectivity index (χ3v) is 5.63. The lowest BCUT2D eigenvalue weighted by Crippen LogP contribution is -2.13. The number of hydrogen-bond donors (Lipinski definition) is 1. The summed E-state index contributed by atoms with van der Waals surface area (Å²) in [5.41, 5.74) is 1.53. The Hall–Kier alpha value is -2.62. The Kier molecular flexibility index (Phi) is 5.47. The number of hydrogen-bond acceptors (Lipinski definition) is 8. The minimum Gasteiger partial charge on any atom is -0.497 e. The molecule has 1 amide bonds. The molecule has 0 aliphatic heterocycles. The summed E-state index contributed by atoms with van der Waals surface area (Å²) >= 11 is 8.50. The fourth-order valence-corrected chi connectivity index (χ4v) is 4.04. The minimum absolute atomic E-state index is 0.121. The van der Waals surface area contributed by atoms with E-state index in [1.54, 1.807) is 25.3 Å². The van der Waals surface area contributed by atoms with Crippen LogP contribution in [-0.4, -0.2) is 34.0 Å². The summed E-state index contributed by atoms with van der Waals surface area (Å²) in [4.78, 5) is 16.6. The molecule has 0 spiro atoms. The van der Waals surface area contributed by atoms with Gasteiger partial charge in [0.25, 0.3) is 5.22 Å². The number of methoxy groups -OCH3 is 1. The highest BCUT2D eigenvalue weighted by atomic mass is 35.5. The third kappa shape index (κ3) is 4.27. The Balaban J connectivity index is 1.37. The first-order valence-corrected chi connectivity index (χ1v) is 10.3. The van der Waals surface area contributed by atoms with Gasteiger partial charge in [-0.1, -0.05) is 40.8 Å². The second kappa shape index (κ2) is 8.17. The topological polar surface area (TPSA) is 90.1 Å². The van der Waals surface area contributed by atoms with Crippen LogP contribution in [0.15, 0.2) is 52.1 Å². The van der Waals surface area contributed by atoms with Gasteiger partial charge in [-0.15, -0.1) is 10.2 Å². The van der Waals surface area contributed by atoms with Crippen molar-refractivity contribution in [2.24, 2.45) is 0 Å². The number of aromatic nitrogens is 3. The summed E-state index contributed by atoms with van der Waals surface area (Å²) in [5, 5.41) is 12.1. The molecule has 0 radical (unpaired) electrons. The van der Waals surface area contributed by atoms with E-state index in [1.165, 1.54) is 11.3 Å². The molecule has 2 aromatic carbocycles. The number of thioether (sulfide) groups is 1. The van der Waals surface area contributed by atoms with Crippen LogP contribution >= 0.6 is 34.7 Å². The van der Waals surface area contributed by atoms with Crippen LogP contribution < -0.4 is 10.1 Å². The smallest absolute Gasteiger partial charge is 0.277 e. The normalized spacial score (nSPS) is 10.9. The molecule has 0 bridgehead atoms. The standard InChI is InChI=1S/C18H13ClN4O3S2/c1-25-12-5-6-13-14(8-12)28-17(20-13)21-15(24)9-27-18-23-22-16(26-18)10-3-2-4-11(19)7-10/h2-8H,9H2,1H3,(H,20,21,24). The molecule has 28 heavy (non-hydrogen) atoms. The number of carbonyl (C=O) groups excluding carboxylic acids is 1. The van der Waals surface area contributed by atoms with Gasteiger partial charge in [-0.05, 0) is 36.4 Å². The lowest BCUT2D eigenvalue weighted by molar-refractivity contribution is -0.113. The summed E-state index contributed by atoms with van der Waals surface area (Å²) in [6, 6.07) is 12.7. The van der Waals surface area contributed by atoms with Gasteiger partial charge in [-0.25, -0.2) is 4.98 Å². The Bertz CT molecular complexity index is 1140. The fraction of sp³-hybridized carbons (Fsp3) is 0.111. The first-order chi connectivity index (χ1) is 13.6. The van der Waals surface area contributed by atoms with Crippen molar-refractivity contribution in [1.82, 2.24) is 15.2 Å². The van der Waals surface area contributed by atoms with Gasteiger partial charge in [0.1, 0.15) is 5.75 Å². The summed E-state index contributed by atoms with van der Waals surface area (Å²) in [6.45, 7) is 0. The fourth-order valence-electron chi connectivity index (χ4n) is 2.37. The lowest BCUT2D eigenvalue weighted by Gasteiger charge is -1.98. The van der Waals surface area contributed by atoms with Gasteiger partial charge in [0.05, 0.1) is 23.1 Å². The summed E-state index contributed by atoms with van der Waals surface area (Å²) in [7, 11) is 1.61. The van der Waals surface area contributed by atoms with Crippen molar-refractivity contribution < 1.29 is 13.9 Å². The Morgan fingerprint density at radius 3 is 3.00 bits per heavy atom. The van der Waals surface area contributed by atoms with E-state index in [1.807, 2.05) is 24.3 Å². The summed E-state index contributed by atoms with van der Waals surface area (Å²) in [6.07, 6.45) is 0. The van der Waals surface area contributed by atoms with E-state index in [0.717, 1.165) is 33.3 Å². The molecular formula is C18H13ClN4O3S2. The second-order valence-corrected chi connectivity index (χ2v) is 7.97. The van der Waals surface area contributed by atoms with E-state index in [0.29, 0.717) is 21.3 Å². The van der Waals surface area contributed by atoms with E-state index in [2.05, 4.69) is 20.5 Å². The van der Waals surface area contributed by atoms with E-state index >= 15 is 0 Å². The van der Waals surface area contributed by atoms with Gasteiger partial charge >= 0.3 is 0 Å². The van der Waals surface area contributed by atoms with Gasteiger partial charge in [-0.2, -0.15) is 0 Å². The number of anilines is 1. The highest BCUT2D eigenvalue weighted by Gasteiger charge is 2.13. The molecule has 4 rings (SSSR count). The number of rotatable bonds is 6. The van der Waals surface area contributed by atoms with Crippen molar-refractivity contribution in [2.45, 2.75) is 5.22 Å². The molecule has 0 aliphatic carbocycles. The number of nitrogens with zero attached hydrogens (tertiary/aromatic N) is 3. The SMILES string of the molecule is COc1ccc2nc(NC(=O)CSc3nnc(-c4cccc(Cl)c4)o3)sc2c1. The number of halogens is 1. The van der Waals surface area contributed by atoms with Crippen molar-refractivity contribution in [3.63, 3.8) is 0 Å². The minimum atomic E-state index is -0.210. The molecule has 1 N–H and O–H groups in total. The van der Waals surface area contributed by atoms with E-state index in [4.69, 9.17) is 20.8 Å². The number of thiazole rings is 1. The van der Waals surface area contributed by atoms with Crippen molar-refractivity contribution in [1.29, 1.82) is 0 Å². The number of carbonyl (C=O) groups is 1. The Labute approximate surface area is 173 Å². The molecule has 0 atom stereocenters. The van der Waals surface area contributed by atoms with Gasteiger partial charge in [0.2, 0.25) is 11.8 Å². The zero-order valence-electron chi connectivity index (χ0n) is 14.5. The molecule has 7 nitrogen and oxygen atoms in total. The molecular weight excluding hydrogens is 420 g/mol. The first-order valence-electron chi connectivity index (χ1n) is 8.07. The van der Waals surface area contributed by atoms with Gasteiger partial charge in [-0.3, -0.25) is 4.79 Å². The van der Waals surface area contributed by atoms with E-state index < -0.39 is 0 Å². The lowest BCUT2D eigenvalue weighted by atomic mass is 10.2. The molecule has 10 heteroatoms. The van der Waals surface area contributed by atoms with E-state index in [9.17, 15) is 4.79 Å². The van der Waals surface area contributed by atoms with Crippen molar-refractivity contribution in [2.75, 3.05) is 18.2 Å². The molecule has 142 valence electrons. The van der Waals surface area contributed by atoms with Crippen LogP contribution in [0.2, 0.25) is 5.02 Å². The predicted molar refractivity (Wildman–Crippen MR) is 110 cm³/mol. The first kappa shape index (κ1) is 18.7. The molecule has 0 fully saturated rings. The van der Waals surface area contributed by atoms with Gasteiger partial charge in [0, 0.05) is 10.6 Å². The number of ether oxygens (including phenoxy) is 1. The maximum Gasteiger partial charge on any atom is 0.277 e. The monoisotopic (exact) mass is 432 g/mol. The number of nitrogens with one attached hydrogen (secondary N) is 1. The highest BCUT2D eigenvalue weighted by Crippen LogP contribution is 2.29.